The molecule has 0 atom stereocenters. The third-order valence-electron chi connectivity index (χ3n) is 2.41. The fourth-order valence-electron chi connectivity index (χ4n) is 1.46. The summed E-state index contributed by atoms with van der Waals surface area (Å²) in [6, 6.07) is 7.81. The fraction of sp³-hybridized carbons (Fsp3) is 0.462. The van der Waals surface area contributed by atoms with Crippen LogP contribution in [0.25, 0.3) is 0 Å². The van der Waals surface area contributed by atoms with E-state index in [4.69, 9.17) is 4.74 Å². The van der Waals surface area contributed by atoms with Gasteiger partial charge in [-0.15, -0.1) is 0 Å². The first kappa shape index (κ1) is 14.1. The molecule has 1 aromatic carbocycles. The number of hydrogen-bond donors (Lipinski definition) is 0. The van der Waals surface area contributed by atoms with E-state index < -0.39 is 0 Å². The Balaban J connectivity index is 2.76. The Hall–Kier alpha value is -0.991. The molecule has 0 unspecified atom stereocenters. The maximum absolute atomic E-state index is 5.39. The van der Waals surface area contributed by atoms with Crippen molar-refractivity contribution < 1.29 is 4.74 Å². The average molecular weight is 298 g/mol. The van der Waals surface area contributed by atoms with Crippen LogP contribution in [0.4, 0.5) is 5.69 Å². The van der Waals surface area contributed by atoms with E-state index in [0.29, 0.717) is 6.61 Å². The van der Waals surface area contributed by atoms with Gasteiger partial charge in [0.1, 0.15) is 0 Å². The van der Waals surface area contributed by atoms with E-state index in [1.165, 1.54) is 0 Å². The van der Waals surface area contributed by atoms with Gasteiger partial charge in [-0.25, -0.2) is 0 Å². The second-order valence-corrected chi connectivity index (χ2v) is 4.26. The Morgan fingerprint density at radius 2 is 1.76 bits per heavy atom. The first-order valence-electron chi connectivity index (χ1n) is 5.94. The van der Waals surface area contributed by atoms with E-state index >= 15 is 0 Å². The summed E-state index contributed by atoms with van der Waals surface area (Å²) in [6.07, 6.45) is 0. The topological polar surface area (TPSA) is 24.8 Å². The number of ether oxygens (including phenoxy) is 1. The molecule has 4 heteroatoms. The van der Waals surface area contributed by atoms with Crippen molar-refractivity contribution in [3.05, 3.63) is 24.3 Å². The molecule has 17 heavy (non-hydrogen) atoms. The van der Waals surface area contributed by atoms with Crippen molar-refractivity contribution in [2.24, 2.45) is 4.99 Å². The summed E-state index contributed by atoms with van der Waals surface area (Å²) in [4.78, 5) is 6.71. The van der Waals surface area contributed by atoms with Gasteiger partial charge in [0.15, 0.2) is 0 Å². The molecule has 0 fully saturated rings. The molecule has 1 radical (unpaired) electrons. The normalized spacial score (nSPS) is 11.4. The van der Waals surface area contributed by atoms with Crippen LogP contribution in [0.15, 0.2) is 29.3 Å². The average Bonchev–Trinajstić information content (AvgIpc) is 2.33. The summed E-state index contributed by atoms with van der Waals surface area (Å²) in [7, 11) is 0. The summed E-state index contributed by atoms with van der Waals surface area (Å²) >= 11 is 3.01. The molecule has 0 aliphatic heterocycles. The molecule has 0 heterocycles. The zero-order valence-corrected chi connectivity index (χ0v) is 12.4. The van der Waals surface area contributed by atoms with Crippen LogP contribution in [0.5, 0.6) is 5.75 Å². The Morgan fingerprint density at radius 3 is 2.24 bits per heavy atom. The molecule has 1 rings (SSSR count). The quantitative estimate of drug-likeness (QED) is 0.474. The molecule has 0 saturated carbocycles. The number of nitrogens with zero attached hydrogens (tertiary/aromatic N) is 2. The predicted octanol–water partition coefficient (Wildman–Crippen LogP) is 2.58. The molecular formula is C13H19N2OSe. The van der Waals surface area contributed by atoms with Crippen molar-refractivity contribution in [1.29, 1.82) is 0 Å². The van der Waals surface area contributed by atoms with E-state index in [1.807, 2.05) is 31.2 Å². The van der Waals surface area contributed by atoms with Gasteiger partial charge in [-0.3, -0.25) is 0 Å². The van der Waals surface area contributed by atoms with Crippen LogP contribution < -0.4 is 4.74 Å². The molecule has 1 aromatic rings. The van der Waals surface area contributed by atoms with Crippen molar-refractivity contribution in [3.8, 4) is 5.75 Å². The number of hydrogen-bond acceptors (Lipinski definition) is 2. The minimum absolute atomic E-state index is 0.689. The summed E-state index contributed by atoms with van der Waals surface area (Å²) in [5.41, 5.74) is 0.939. The summed E-state index contributed by atoms with van der Waals surface area (Å²) in [6.45, 7) is 8.82. The van der Waals surface area contributed by atoms with Crippen LogP contribution in [-0.4, -0.2) is 45.3 Å². The number of benzene rings is 1. The Labute approximate surface area is 112 Å². The van der Waals surface area contributed by atoms with Gasteiger partial charge in [-0.2, -0.15) is 0 Å². The zero-order valence-electron chi connectivity index (χ0n) is 10.6. The third-order valence-corrected chi connectivity index (χ3v) is 3.14. The van der Waals surface area contributed by atoms with Crippen LogP contribution in [0.1, 0.15) is 20.8 Å². The molecule has 0 aliphatic carbocycles. The van der Waals surface area contributed by atoms with Crippen LogP contribution in [0.2, 0.25) is 0 Å². The molecule has 0 spiro atoms. The summed E-state index contributed by atoms with van der Waals surface area (Å²) < 4.78 is 6.32. The van der Waals surface area contributed by atoms with Gasteiger partial charge in [0.2, 0.25) is 0 Å². The van der Waals surface area contributed by atoms with Crippen molar-refractivity contribution in [1.82, 2.24) is 4.90 Å². The van der Waals surface area contributed by atoms with Gasteiger partial charge in [0, 0.05) is 0 Å². The molecule has 93 valence electrons. The van der Waals surface area contributed by atoms with Crippen molar-refractivity contribution >= 4 is 26.4 Å². The molecule has 0 aliphatic rings. The molecule has 3 nitrogen and oxygen atoms in total. The third kappa shape index (κ3) is 4.41. The van der Waals surface area contributed by atoms with Gasteiger partial charge < -0.3 is 0 Å². The molecule has 0 saturated heterocycles. The molecule has 0 aromatic heterocycles. The van der Waals surface area contributed by atoms with E-state index in [1.54, 1.807) is 0 Å². The molecular weight excluding hydrogens is 279 g/mol. The second kappa shape index (κ2) is 7.36. The van der Waals surface area contributed by atoms with E-state index in [0.717, 1.165) is 29.3 Å². The second-order valence-electron chi connectivity index (χ2n) is 3.49. The van der Waals surface area contributed by atoms with Crippen molar-refractivity contribution in [2.75, 3.05) is 19.7 Å². The van der Waals surface area contributed by atoms with Gasteiger partial charge in [-0.05, 0) is 0 Å². The van der Waals surface area contributed by atoms with Crippen molar-refractivity contribution in [3.63, 3.8) is 0 Å². The Kier molecular flexibility index (Phi) is 6.09. The Morgan fingerprint density at radius 1 is 1.18 bits per heavy atom. The first-order chi connectivity index (χ1) is 8.21. The van der Waals surface area contributed by atoms with Crippen LogP contribution in [-0.2, 0) is 0 Å². The van der Waals surface area contributed by atoms with Gasteiger partial charge in [0.05, 0.1) is 0 Å². The predicted molar refractivity (Wildman–Crippen MR) is 73.4 cm³/mol. The number of rotatable bonds is 5. The van der Waals surface area contributed by atoms with E-state index in [9.17, 15) is 0 Å². The molecule has 0 bridgehead atoms. The molecule has 0 N–H and O–H groups in total. The summed E-state index contributed by atoms with van der Waals surface area (Å²) in [5, 5.41) is 0. The van der Waals surface area contributed by atoms with Crippen LogP contribution in [0, 0.1) is 0 Å². The van der Waals surface area contributed by atoms with Gasteiger partial charge in [-0.1, -0.05) is 0 Å². The van der Waals surface area contributed by atoms with Crippen LogP contribution in [0.3, 0.4) is 0 Å². The molecule has 0 amide bonds. The first-order valence-corrected chi connectivity index (χ1v) is 6.80. The summed E-state index contributed by atoms with van der Waals surface area (Å²) in [5.74, 6) is 0.885. The minimum atomic E-state index is 0.689. The van der Waals surface area contributed by atoms with E-state index in [2.05, 4.69) is 39.8 Å². The number of aliphatic imine (C=N–C) groups is 1. The van der Waals surface area contributed by atoms with Gasteiger partial charge in [0.25, 0.3) is 0 Å². The van der Waals surface area contributed by atoms with Crippen molar-refractivity contribution in [2.45, 2.75) is 20.8 Å². The Bertz CT molecular complexity index is 358. The monoisotopic (exact) mass is 299 g/mol. The number of amidine groups is 1. The maximum atomic E-state index is 5.39. The van der Waals surface area contributed by atoms with Crippen LogP contribution >= 0.6 is 0 Å². The fourth-order valence-corrected chi connectivity index (χ4v) is 2.22. The van der Waals surface area contributed by atoms with E-state index in [-0.39, 0.29) is 0 Å². The zero-order chi connectivity index (χ0) is 12.7. The standard InChI is InChI=1S/C13H19N2OSe/c1-4-15(5-2)13(17)14-11-7-9-12(10-8-11)16-6-3/h7-10H,4-6H2,1-3H3. The SMILES string of the molecule is CCOc1ccc(N=C([Se])N(CC)CC)cc1. The van der Waals surface area contributed by atoms with Gasteiger partial charge >= 0.3 is 112 Å².